The second-order valence-electron chi connectivity index (χ2n) is 10.2. The van der Waals surface area contributed by atoms with Crippen molar-refractivity contribution in [2.75, 3.05) is 0 Å². The van der Waals surface area contributed by atoms with E-state index >= 15 is 0 Å². The highest BCUT2D eigenvalue weighted by Crippen LogP contribution is 2.20. The van der Waals surface area contributed by atoms with E-state index in [1.807, 2.05) is 34.6 Å². The van der Waals surface area contributed by atoms with Crippen LogP contribution >= 0.6 is 0 Å². The van der Waals surface area contributed by atoms with Gasteiger partial charge in [-0.05, 0) is 80.5 Å². The van der Waals surface area contributed by atoms with Gasteiger partial charge in [-0.1, -0.05) is 142 Å². The van der Waals surface area contributed by atoms with E-state index in [9.17, 15) is 0 Å². The van der Waals surface area contributed by atoms with Gasteiger partial charge < -0.3 is 0 Å². The van der Waals surface area contributed by atoms with Crippen LogP contribution in [0.1, 0.15) is 143 Å². The zero-order valence-electron chi connectivity index (χ0n) is 27.7. The van der Waals surface area contributed by atoms with Crippen LogP contribution in [0.3, 0.4) is 0 Å². The van der Waals surface area contributed by atoms with Gasteiger partial charge in [-0.25, -0.2) is 0 Å². The van der Waals surface area contributed by atoms with Gasteiger partial charge in [0.25, 0.3) is 0 Å². The predicted octanol–water partition coefficient (Wildman–Crippen LogP) is 13.1. The largest absolute Gasteiger partial charge is 0.103 e. The zero-order valence-corrected chi connectivity index (χ0v) is 27.7. The van der Waals surface area contributed by atoms with Crippen LogP contribution in [0.15, 0.2) is 73.3 Å². The average molecular weight is 511 g/mol. The lowest BCUT2D eigenvalue weighted by Gasteiger charge is -2.10. The second-order valence-corrected chi connectivity index (χ2v) is 10.2. The standard InChI is InChI=1S/C12H18.C10H14.C6H14.C4H8.C3H6.C2H6/c1-5-11-7-6-10(4)12(8-11)9(2)3;1-3-9(2)10-7-5-4-6-8-10;1-4-5-6(2)3;1-4(2)3;1-3-2;1-2/h6-9H,5H2,1-4H3;4-9H,3H2,1-2H3;6H,4-5H2,1-3H3;1H2,2-3H3;3H,1H2,2H3;1-2H3. The Bertz CT molecular complexity index is 730. The molecule has 1 atom stereocenters. The summed E-state index contributed by atoms with van der Waals surface area (Å²) >= 11 is 0. The number of hydrogen-bond donors (Lipinski definition) is 0. The first-order valence-electron chi connectivity index (χ1n) is 14.7. The summed E-state index contributed by atoms with van der Waals surface area (Å²) in [5.41, 5.74) is 6.98. The first-order chi connectivity index (χ1) is 17.4. The van der Waals surface area contributed by atoms with Crippen molar-refractivity contribution in [2.45, 2.75) is 134 Å². The van der Waals surface area contributed by atoms with Crippen molar-refractivity contribution in [2.24, 2.45) is 5.92 Å². The smallest absolute Gasteiger partial charge is 0.0193 e. The summed E-state index contributed by atoms with van der Waals surface area (Å²) < 4.78 is 0. The third-order valence-electron chi connectivity index (χ3n) is 5.22. The third-order valence-corrected chi connectivity index (χ3v) is 5.22. The number of benzene rings is 2. The van der Waals surface area contributed by atoms with E-state index in [2.05, 4.69) is 124 Å². The normalized spacial score (nSPS) is 9.84. The highest BCUT2D eigenvalue weighted by molar-refractivity contribution is 5.33. The van der Waals surface area contributed by atoms with Crippen LogP contribution in [0.2, 0.25) is 0 Å². The zero-order chi connectivity index (χ0) is 29.8. The molecule has 0 saturated heterocycles. The van der Waals surface area contributed by atoms with Gasteiger partial charge in [-0.3, -0.25) is 0 Å². The number of allylic oxidation sites excluding steroid dienone is 2. The van der Waals surface area contributed by atoms with Crippen LogP contribution in [0, 0.1) is 12.8 Å². The molecule has 0 aromatic heterocycles. The SMILES string of the molecule is C=C(C)C.C=CC.CC.CCC(C)c1ccccc1.CCCC(C)C.CCc1ccc(C)c(C(C)C)c1. The molecule has 0 aliphatic heterocycles. The molecular formula is C37H66. The molecule has 1 unspecified atom stereocenters. The molecule has 0 bridgehead atoms. The number of hydrogen-bond acceptors (Lipinski definition) is 0. The molecule has 0 heterocycles. The van der Waals surface area contributed by atoms with E-state index in [-0.39, 0.29) is 0 Å². The van der Waals surface area contributed by atoms with Gasteiger partial charge in [-0.15, -0.1) is 13.2 Å². The van der Waals surface area contributed by atoms with E-state index < -0.39 is 0 Å². The van der Waals surface area contributed by atoms with Gasteiger partial charge >= 0.3 is 0 Å². The number of rotatable bonds is 6. The van der Waals surface area contributed by atoms with E-state index in [0.717, 1.165) is 12.3 Å². The van der Waals surface area contributed by atoms with Crippen molar-refractivity contribution in [3.8, 4) is 0 Å². The minimum Gasteiger partial charge on any atom is -0.103 e. The Morgan fingerprint density at radius 1 is 0.865 bits per heavy atom. The maximum Gasteiger partial charge on any atom is -0.0193 e. The van der Waals surface area contributed by atoms with Crippen molar-refractivity contribution in [3.05, 3.63) is 95.6 Å². The minimum atomic E-state index is 0.650. The molecule has 0 aliphatic carbocycles. The topological polar surface area (TPSA) is 0 Å². The summed E-state index contributed by atoms with van der Waals surface area (Å²) in [6.45, 7) is 36.9. The Hall–Kier alpha value is -2.08. The summed E-state index contributed by atoms with van der Waals surface area (Å²) in [7, 11) is 0. The summed E-state index contributed by atoms with van der Waals surface area (Å²) in [5, 5.41) is 0. The van der Waals surface area contributed by atoms with Gasteiger partial charge in [-0.2, -0.15) is 0 Å². The molecule has 0 nitrogen and oxygen atoms in total. The first-order valence-corrected chi connectivity index (χ1v) is 14.7. The average Bonchev–Trinajstić information content (AvgIpc) is 2.86. The molecule has 0 heteroatoms. The molecule has 0 amide bonds. The fraction of sp³-hybridized carbons (Fsp3) is 0.568. The minimum absolute atomic E-state index is 0.650. The summed E-state index contributed by atoms with van der Waals surface area (Å²) in [6, 6.07) is 17.4. The molecular weight excluding hydrogens is 444 g/mol. The summed E-state index contributed by atoms with van der Waals surface area (Å²) in [6.07, 6.45) is 6.82. The van der Waals surface area contributed by atoms with Gasteiger partial charge in [0.15, 0.2) is 0 Å². The molecule has 37 heavy (non-hydrogen) atoms. The van der Waals surface area contributed by atoms with Crippen LogP contribution in [0.4, 0.5) is 0 Å². The Kier molecular flexibility index (Phi) is 34.2. The van der Waals surface area contributed by atoms with E-state index in [0.29, 0.717) is 11.8 Å². The fourth-order valence-electron chi connectivity index (χ4n) is 3.13. The molecule has 2 rings (SSSR count). The van der Waals surface area contributed by atoms with Gasteiger partial charge in [0.1, 0.15) is 0 Å². The van der Waals surface area contributed by atoms with Crippen LogP contribution < -0.4 is 0 Å². The van der Waals surface area contributed by atoms with E-state index in [4.69, 9.17) is 0 Å². The summed E-state index contributed by atoms with van der Waals surface area (Å²) in [5.74, 6) is 2.26. The maximum absolute atomic E-state index is 3.56. The lowest BCUT2D eigenvalue weighted by molar-refractivity contribution is 0.576. The molecule has 0 fully saturated rings. The monoisotopic (exact) mass is 511 g/mol. The van der Waals surface area contributed by atoms with E-state index in [1.165, 1.54) is 47.1 Å². The molecule has 0 radical (unpaired) electrons. The van der Waals surface area contributed by atoms with Crippen molar-refractivity contribution >= 4 is 0 Å². The van der Waals surface area contributed by atoms with Crippen molar-refractivity contribution in [1.82, 2.24) is 0 Å². The first kappa shape index (κ1) is 42.0. The van der Waals surface area contributed by atoms with Crippen LogP contribution in [-0.4, -0.2) is 0 Å². The highest BCUT2D eigenvalue weighted by atomic mass is 14.1. The summed E-state index contributed by atoms with van der Waals surface area (Å²) in [4.78, 5) is 0. The van der Waals surface area contributed by atoms with Gasteiger partial charge in [0.2, 0.25) is 0 Å². The molecule has 214 valence electrons. The van der Waals surface area contributed by atoms with Crippen LogP contribution in [-0.2, 0) is 6.42 Å². The van der Waals surface area contributed by atoms with Crippen molar-refractivity contribution in [3.63, 3.8) is 0 Å². The Morgan fingerprint density at radius 3 is 1.62 bits per heavy atom. The molecule has 0 aliphatic rings. The second kappa shape index (κ2) is 30.1. The van der Waals surface area contributed by atoms with Crippen molar-refractivity contribution in [1.29, 1.82) is 0 Å². The Labute approximate surface area is 235 Å². The third kappa shape index (κ3) is 30.0. The Balaban J connectivity index is -0.000000196. The van der Waals surface area contributed by atoms with Crippen LogP contribution in [0.5, 0.6) is 0 Å². The van der Waals surface area contributed by atoms with Gasteiger partial charge in [0, 0.05) is 0 Å². The Morgan fingerprint density at radius 2 is 1.32 bits per heavy atom. The molecule has 0 saturated carbocycles. The van der Waals surface area contributed by atoms with Crippen LogP contribution in [0.25, 0.3) is 0 Å². The lowest BCUT2D eigenvalue weighted by atomic mass is 9.95. The predicted molar refractivity (Wildman–Crippen MR) is 177 cm³/mol. The fourth-order valence-corrected chi connectivity index (χ4v) is 3.13. The van der Waals surface area contributed by atoms with Gasteiger partial charge in [0.05, 0.1) is 0 Å². The maximum atomic E-state index is 3.56. The number of aryl methyl sites for hydroxylation is 2. The highest BCUT2D eigenvalue weighted by Gasteiger charge is 2.03. The molecule has 0 N–H and O–H groups in total. The van der Waals surface area contributed by atoms with Crippen molar-refractivity contribution < 1.29 is 0 Å². The lowest BCUT2D eigenvalue weighted by Crippen LogP contribution is -1.93. The quantitative estimate of drug-likeness (QED) is 0.339. The molecule has 2 aromatic carbocycles. The molecule has 2 aromatic rings. The van der Waals surface area contributed by atoms with E-state index in [1.54, 1.807) is 6.08 Å². The molecule has 0 spiro atoms.